The SMILES string of the molecule is COCCNCCCCc1cccc(OC(C)C)c1. The van der Waals surface area contributed by atoms with Gasteiger partial charge in [-0.05, 0) is 57.4 Å². The van der Waals surface area contributed by atoms with Gasteiger partial charge < -0.3 is 14.8 Å². The Bertz CT molecular complexity index is 339. The zero-order valence-corrected chi connectivity index (χ0v) is 12.4. The summed E-state index contributed by atoms with van der Waals surface area (Å²) in [5.41, 5.74) is 1.36. The van der Waals surface area contributed by atoms with Gasteiger partial charge in [-0.1, -0.05) is 12.1 Å². The summed E-state index contributed by atoms with van der Waals surface area (Å²) in [5.74, 6) is 0.978. The smallest absolute Gasteiger partial charge is 0.119 e. The number of aryl methyl sites for hydroxylation is 1. The third-order valence-electron chi connectivity index (χ3n) is 2.82. The fourth-order valence-electron chi connectivity index (χ4n) is 1.92. The molecule has 0 heterocycles. The topological polar surface area (TPSA) is 30.5 Å². The van der Waals surface area contributed by atoms with Crippen molar-refractivity contribution >= 4 is 0 Å². The number of hydrogen-bond donors (Lipinski definition) is 1. The molecule has 0 aliphatic rings. The Labute approximate surface area is 117 Å². The van der Waals surface area contributed by atoms with E-state index in [-0.39, 0.29) is 6.10 Å². The van der Waals surface area contributed by atoms with Crippen LogP contribution in [0.5, 0.6) is 5.75 Å². The molecule has 1 aromatic carbocycles. The quantitative estimate of drug-likeness (QED) is 0.660. The fraction of sp³-hybridized carbons (Fsp3) is 0.625. The normalized spacial score (nSPS) is 10.9. The molecular weight excluding hydrogens is 238 g/mol. The molecular formula is C16H27NO2. The summed E-state index contributed by atoms with van der Waals surface area (Å²) in [6, 6.07) is 8.42. The van der Waals surface area contributed by atoms with Crippen LogP contribution in [0.3, 0.4) is 0 Å². The van der Waals surface area contributed by atoms with Crippen molar-refractivity contribution in [3.05, 3.63) is 29.8 Å². The fourth-order valence-corrected chi connectivity index (χ4v) is 1.92. The molecule has 1 aromatic rings. The van der Waals surface area contributed by atoms with Gasteiger partial charge in [0.1, 0.15) is 5.75 Å². The highest BCUT2D eigenvalue weighted by molar-refractivity contribution is 5.28. The van der Waals surface area contributed by atoms with Gasteiger partial charge in [0.25, 0.3) is 0 Å². The molecule has 3 heteroatoms. The Kier molecular flexibility index (Phi) is 8.26. The summed E-state index contributed by atoms with van der Waals surface area (Å²) >= 11 is 0. The highest BCUT2D eigenvalue weighted by atomic mass is 16.5. The third-order valence-corrected chi connectivity index (χ3v) is 2.82. The number of hydrogen-bond acceptors (Lipinski definition) is 3. The lowest BCUT2D eigenvalue weighted by atomic mass is 10.1. The molecule has 0 saturated carbocycles. The molecule has 0 amide bonds. The number of rotatable bonds is 10. The molecule has 1 rings (SSSR count). The van der Waals surface area contributed by atoms with E-state index < -0.39 is 0 Å². The summed E-state index contributed by atoms with van der Waals surface area (Å²) in [4.78, 5) is 0. The van der Waals surface area contributed by atoms with Crippen LogP contribution in [0.2, 0.25) is 0 Å². The molecule has 19 heavy (non-hydrogen) atoms. The van der Waals surface area contributed by atoms with Crippen LogP contribution >= 0.6 is 0 Å². The van der Waals surface area contributed by atoms with Crippen molar-refractivity contribution in [2.75, 3.05) is 26.8 Å². The minimum atomic E-state index is 0.236. The first-order valence-electron chi connectivity index (χ1n) is 7.17. The van der Waals surface area contributed by atoms with Gasteiger partial charge in [0.2, 0.25) is 0 Å². The largest absolute Gasteiger partial charge is 0.491 e. The Morgan fingerprint density at radius 3 is 2.74 bits per heavy atom. The van der Waals surface area contributed by atoms with Gasteiger partial charge in [-0.2, -0.15) is 0 Å². The van der Waals surface area contributed by atoms with Crippen LogP contribution in [0.15, 0.2) is 24.3 Å². The van der Waals surface area contributed by atoms with Gasteiger partial charge in [0, 0.05) is 13.7 Å². The Morgan fingerprint density at radius 1 is 1.16 bits per heavy atom. The maximum atomic E-state index is 5.70. The van der Waals surface area contributed by atoms with Gasteiger partial charge in [-0.3, -0.25) is 0 Å². The predicted octanol–water partition coefficient (Wildman–Crippen LogP) is 3.03. The van der Waals surface area contributed by atoms with Crippen LogP contribution < -0.4 is 10.1 Å². The van der Waals surface area contributed by atoms with Crippen molar-refractivity contribution in [1.29, 1.82) is 0 Å². The van der Waals surface area contributed by atoms with Gasteiger partial charge in [0.15, 0.2) is 0 Å². The maximum absolute atomic E-state index is 5.70. The van der Waals surface area contributed by atoms with Gasteiger partial charge in [0.05, 0.1) is 12.7 Å². The zero-order valence-electron chi connectivity index (χ0n) is 12.4. The van der Waals surface area contributed by atoms with E-state index in [4.69, 9.17) is 9.47 Å². The highest BCUT2D eigenvalue weighted by Gasteiger charge is 1.99. The highest BCUT2D eigenvalue weighted by Crippen LogP contribution is 2.16. The average molecular weight is 265 g/mol. The van der Waals surface area contributed by atoms with Crippen molar-refractivity contribution in [3.8, 4) is 5.75 Å². The van der Waals surface area contributed by atoms with E-state index in [1.807, 2.05) is 6.07 Å². The summed E-state index contributed by atoms with van der Waals surface area (Å²) in [5, 5.41) is 3.36. The number of unbranched alkanes of at least 4 members (excludes halogenated alkanes) is 1. The first-order chi connectivity index (χ1) is 9.22. The lowest BCUT2D eigenvalue weighted by molar-refractivity contribution is 0.199. The van der Waals surface area contributed by atoms with Crippen LogP contribution in [0.25, 0.3) is 0 Å². The minimum absolute atomic E-state index is 0.236. The van der Waals surface area contributed by atoms with E-state index >= 15 is 0 Å². The maximum Gasteiger partial charge on any atom is 0.119 e. The molecule has 108 valence electrons. The number of nitrogens with one attached hydrogen (secondary N) is 1. The van der Waals surface area contributed by atoms with Crippen molar-refractivity contribution in [2.45, 2.75) is 39.2 Å². The second-order valence-corrected chi connectivity index (χ2v) is 5.01. The number of benzene rings is 1. The molecule has 0 aromatic heterocycles. The second kappa shape index (κ2) is 9.82. The second-order valence-electron chi connectivity index (χ2n) is 5.01. The number of methoxy groups -OCH3 is 1. The van der Waals surface area contributed by atoms with Crippen molar-refractivity contribution < 1.29 is 9.47 Å². The monoisotopic (exact) mass is 265 g/mol. The molecule has 3 nitrogen and oxygen atoms in total. The minimum Gasteiger partial charge on any atom is -0.491 e. The first-order valence-corrected chi connectivity index (χ1v) is 7.17. The average Bonchev–Trinajstić information content (AvgIpc) is 2.37. The lowest BCUT2D eigenvalue weighted by Crippen LogP contribution is -2.20. The van der Waals surface area contributed by atoms with E-state index in [0.29, 0.717) is 0 Å². The van der Waals surface area contributed by atoms with Crippen LogP contribution in [-0.4, -0.2) is 32.9 Å². The molecule has 0 aliphatic carbocycles. The Morgan fingerprint density at radius 2 is 2.00 bits per heavy atom. The van der Waals surface area contributed by atoms with Gasteiger partial charge in [-0.25, -0.2) is 0 Å². The van der Waals surface area contributed by atoms with Gasteiger partial charge in [-0.15, -0.1) is 0 Å². The summed E-state index contributed by atoms with van der Waals surface area (Å²) in [6.07, 6.45) is 3.74. The van der Waals surface area contributed by atoms with Crippen molar-refractivity contribution in [3.63, 3.8) is 0 Å². The van der Waals surface area contributed by atoms with Crippen LogP contribution in [0.1, 0.15) is 32.3 Å². The molecule has 0 saturated heterocycles. The Balaban J connectivity index is 2.18. The molecule has 0 atom stereocenters. The molecule has 0 radical (unpaired) electrons. The molecule has 0 fully saturated rings. The van der Waals surface area contributed by atoms with E-state index in [2.05, 4.69) is 37.4 Å². The van der Waals surface area contributed by atoms with Gasteiger partial charge >= 0.3 is 0 Å². The summed E-state index contributed by atoms with van der Waals surface area (Å²) in [7, 11) is 1.73. The van der Waals surface area contributed by atoms with Crippen LogP contribution in [0.4, 0.5) is 0 Å². The molecule has 0 spiro atoms. The zero-order chi connectivity index (χ0) is 13.9. The molecule has 1 N–H and O–H groups in total. The summed E-state index contributed by atoms with van der Waals surface area (Å²) in [6.45, 7) is 6.89. The number of ether oxygens (including phenoxy) is 2. The van der Waals surface area contributed by atoms with Crippen molar-refractivity contribution in [2.24, 2.45) is 0 Å². The summed E-state index contributed by atoms with van der Waals surface area (Å²) < 4.78 is 10.7. The van der Waals surface area contributed by atoms with E-state index in [9.17, 15) is 0 Å². The van der Waals surface area contributed by atoms with E-state index in [1.54, 1.807) is 7.11 Å². The molecule has 0 bridgehead atoms. The molecule has 0 unspecified atom stereocenters. The predicted molar refractivity (Wildman–Crippen MR) is 79.9 cm³/mol. The van der Waals surface area contributed by atoms with Crippen LogP contribution in [-0.2, 0) is 11.2 Å². The van der Waals surface area contributed by atoms with Crippen LogP contribution in [0, 0.1) is 0 Å². The first kappa shape index (κ1) is 16.0. The Hall–Kier alpha value is -1.06. The van der Waals surface area contributed by atoms with Crippen molar-refractivity contribution in [1.82, 2.24) is 5.32 Å². The van der Waals surface area contributed by atoms with E-state index in [1.165, 1.54) is 18.4 Å². The third kappa shape index (κ3) is 7.85. The van der Waals surface area contributed by atoms with E-state index in [0.717, 1.165) is 31.9 Å². The standard InChI is InChI=1S/C16H27NO2/c1-14(2)19-16-9-6-8-15(13-16)7-4-5-10-17-11-12-18-3/h6,8-9,13-14,17H,4-5,7,10-12H2,1-3H3. The molecule has 0 aliphatic heterocycles. The lowest BCUT2D eigenvalue weighted by Gasteiger charge is -2.11.